The van der Waals surface area contributed by atoms with Crippen LogP contribution in [0.3, 0.4) is 0 Å². The molecule has 0 fully saturated rings. The Morgan fingerprint density at radius 1 is 0.300 bits per heavy atom. The maximum absolute atomic E-state index is 4.98. The number of hydrogen-bond donors (Lipinski definition) is 0. The van der Waals surface area contributed by atoms with E-state index in [1.54, 1.807) is 0 Å². The minimum atomic E-state index is 0.660. The van der Waals surface area contributed by atoms with Crippen molar-refractivity contribution >= 4 is 10.8 Å². The number of fused-ring (bicyclic) bond motifs is 5. The number of rotatable bonds is 3. The summed E-state index contributed by atoms with van der Waals surface area (Å²) in [6.45, 7) is 0. The van der Waals surface area contributed by atoms with Gasteiger partial charge in [-0.05, 0) is 50.2 Å². The van der Waals surface area contributed by atoms with Crippen molar-refractivity contribution in [3.05, 3.63) is 140 Å². The van der Waals surface area contributed by atoms with Crippen molar-refractivity contribution in [2.75, 3.05) is 0 Å². The van der Waals surface area contributed by atoms with E-state index >= 15 is 0 Å². The molecule has 0 unspecified atom stereocenters. The zero-order valence-electron chi connectivity index (χ0n) is 21.6. The Morgan fingerprint density at radius 3 is 1.32 bits per heavy atom. The number of benzene rings is 6. The molecule has 3 nitrogen and oxygen atoms in total. The Kier molecular flexibility index (Phi) is 5.14. The van der Waals surface area contributed by atoms with E-state index in [0.717, 1.165) is 16.7 Å². The monoisotopic (exact) mass is 509 g/mol. The molecule has 0 radical (unpaired) electrons. The third kappa shape index (κ3) is 3.63. The van der Waals surface area contributed by atoms with E-state index in [1.165, 1.54) is 44.2 Å². The predicted octanol–water partition coefficient (Wildman–Crippen LogP) is 9.34. The van der Waals surface area contributed by atoms with Gasteiger partial charge in [0.25, 0.3) is 0 Å². The van der Waals surface area contributed by atoms with Crippen LogP contribution >= 0.6 is 0 Å². The molecule has 0 amide bonds. The number of hydrogen-bond acceptors (Lipinski definition) is 3. The minimum Gasteiger partial charge on any atom is -0.208 e. The maximum Gasteiger partial charge on any atom is 0.164 e. The van der Waals surface area contributed by atoms with Crippen LogP contribution in [0.15, 0.2) is 140 Å². The lowest BCUT2D eigenvalue weighted by molar-refractivity contribution is 1.07. The number of nitrogens with zero attached hydrogens (tertiary/aromatic N) is 3. The van der Waals surface area contributed by atoms with Crippen LogP contribution in [0.5, 0.6) is 0 Å². The molecule has 7 aromatic rings. The first-order chi connectivity index (χ1) is 19.8. The lowest BCUT2D eigenvalue weighted by Gasteiger charge is -2.13. The van der Waals surface area contributed by atoms with Crippen LogP contribution in [0, 0.1) is 0 Å². The van der Waals surface area contributed by atoms with E-state index in [4.69, 9.17) is 15.0 Å². The van der Waals surface area contributed by atoms with Crippen LogP contribution in [-0.4, -0.2) is 15.0 Å². The largest absolute Gasteiger partial charge is 0.208 e. The second-order valence-electron chi connectivity index (χ2n) is 10.1. The maximum atomic E-state index is 4.98. The summed E-state index contributed by atoms with van der Waals surface area (Å²) < 4.78 is 0. The molecule has 0 bridgehead atoms. The number of aromatic nitrogens is 3. The van der Waals surface area contributed by atoms with Crippen LogP contribution in [0.25, 0.3) is 78.3 Å². The molecule has 8 rings (SSSR count). The van der Waals surface area contributed by atoms with Gasteiger partial charge in [-0.2, -0.15) is 0 Å². The molecule has 40 heavy (non-hydrogen) atoms. The highest BCUT2D eigenvalue weighted by Gasteiger charge is 2.22. The minimum absolute atomic E-state index is 0.660. The van der Waals surface area contributed by atoms with Crippen molar-refractivity contribution in [1.82, 2.24) is 15.0 Å². The van der Waals surface area contributed by atoms with Gasteiger partial charge < -0.3 is 0 Å². The van der Waals surface area contributed by atoms with E-state index < -0.39 is 0 Å². The summed E-state index contributed by atoms with van der Waals surface area (Å²) in [5.74, 6) is 1.99. The molecular formula is C37H23N3. The van der Waals surface area contributed by atoms with Crippen LogP contribution < -0.4 is 0 Å². The molecule has 186 valence electrons. The van der Waals surface area contributed by atoms with Crippen molar-refractivity contribution in [3.63, 3.8) is 0 Å². The first-order valence-corrected chi connectivity index (χ1v) is 13.5. The zero-order chi connectivity index (χ0) is 26.5. The first kappa shape index (κ1) is 22.6. The quantitative estimate of drug-likeness (QED) is 0.238. The second-order valence-corrected chi connectivity index (χ2v) is 10.1. The smallest absolute Gasteiger partial charge is 0.164 e. The molecule has 3 heteroatoms. The Labute approximate surface area is 232 Å². The zero-order valence-corrected chi connectivity index (χ0v) is 21.6. The van der Waals surface area contributed by atoms with Crippen LogP contribution in [0.4, 0.5) is 0 Å². The van der Waals surface area contributed by atoms with Crippen molar-refractivity contribution in [2.45, 2.75) is 0 Å². The van der Waals surface area contributed by atoms with Crippen LogP contribution in [-0.2, 0) is 0 Å². The molecule has 0 aliphatic heterocycles. The second kappa shape index (κ2) is 9.11. The van der Waals surface area contributed by atoms with Gasteiger partial charge in [-0.1, -0.05) is 133 Å². The molecule has 0 saturated heterocycles. The Balaban J connectivity index is 1.39. The molecule has 1 aromatic heterocycles. The summed E-state index contributed by atoms with van der Waals surface area (Å²) in [4.78, 5) is 14.8. The SMILES string of the molecule is c1ccc(-c2nc(-c3ccccc3)nc(-c3ccc4c(c3)-c3ccccc3-c3cccc5cccc-4c35)n2)cc1. The van der Waals surface area contributed by atoms with Gasteiger partial charge in [0, 0.05) is 16.7 Å². The summed E-state index contributed by atoms with van der Waals surface area (Å²) in [6, 6.07) is 48.7. The van der Waals surface area contributed by atoms with Gasteiger partial charge in [-0.15, -0.1) is 0 Å². The van der Waals surface area contributed by atoms with E-state index in [9.17, 15) is 0 Å². The highest BCUT2D eigenvalue weighted by molar-refractivity contribution is 6.13. The van der Waals surface area contributed by atoms with Gasteiger partial charge in [0.1, 0.15) is 0 Å². The van der Waals surface area contributed by atoms with Crippen molar-refractivity contribution in [2.24, 2.45) is 0 Å². The normalized spacial score (nSPS) is 11.5. The molecule has 0 saturated carbocycles. The van der Waals surface area contributed by atoms with Gasteiger partial charge in [-0.25, -0.2) is 15.0 Å². The average Bonchev–Trinajstić information content (AvgIpc) is 3.16. The molecular weight excluding hydrogens is 486 g/mol. The van der Waals surface area contributed by atoms with E-state index in [-0.39, 0.29) is 0 Å². The molecule has 0 spiro atoms. The first-order valence-electron chi connectivity index (χ1n) is 13.5. The van der Waals surface area contributed by atoms with Crippen molar-refractivity contribution < 1.29 is 0 Å². The van der Waals surface area contributed by atoms with Gasteiger partial charge >= 0.3 is 0 Å². The highest BCUT2D eigenvalue weighted by Crippen LogP contribution is 2.48. The standard InChI is InChI=1S/C37H23N3/c1-3-11-25(12-4-1)35-38-36(26-13-5-2-6-14-26)40-37(39-35)27-21-22-30-32-20-10-16-24-15-9-19-31(34(24)32)28-17-7-8-18-29(28)33(30)23-27/h1-23H. The van der Waals surface area contributed by atoms with E-state index in [1.807, 2.05) is 60.7 Å². The summed E-state index contributed by atoms with van der Waals surface area (Å²) in [7, 11) is 0. The Hall–Kier alpha value is -5.41. The van der Waals surface area contributed by atoms with Gasteiger partial charge in [0.15, 0.2) is 17.5 Å². The molecule has 0 N–H and O–H groups in total. The fourth-order valence-corrected chi connectivity index (χ4v) is 5.82. The van der Waals surface area contributed by atoms with E-state index in [0.29, 0.717) is 17.5 Å². The molecule has 1 heterocycles. The predicted molar refractivity (Wildman–Crippen MR) is 164 cm³/mol. The molecule has 0 atom stereocenters. The topological polar surface area (TPSA) is 38.7 Å². The van der Waals surface area contributed by atoms with Crippen LogP contribution in [0.1, 0.15) is 0 Å². The summed E-state index contributed by atoms with van der Waals surface area (Å²) in [5.41, 5.74) is 10.2. The summed E-state index contributed by atoms with van der Waals surface area (Å²) >= 11 is 0. The molecule has 1 aliphatic rings. The Bertz CT molecular complexity index is 1980. The lowest BCUT2D eigenvalue weighted by Crippen LogP contribution is -2.00. The third-order valence-electron chi connectivity index (χ3n) is 7.68. The summed E-state index contributed by atoms with van der Waals surface area (Å²) in [5, 5.41) is 2.54. The average molecular weight is 510 g/mol. The fraction of sp³-hybridized carbons (Fsp3) is 0. The van der Waals surface area contributed by atoms with E-state index in [2.05, 4.69) is 78.9 Å². The van der Waals surface area contributed by atoms with Gasteiger partial charge in [0.2, 0.25) is 0 Å². The lowest BCUT2D eigenvalue weighted by atomic mass is 9.92. The van der Waals surface area contributed by atoms with Crippen molar-refractivity contribution in [1.29, 1.82) is 0 Å². The third-order valence-corrected chi connectivity index (χ3v) is 7.68. The highest BCUT2D eigenvalue weighted by atomic mass is 15.0. The molecule has 1 aliphatic carbocycles. The summed E-state index contributed by atoms with van der Waals surface area (Å²) in [6.07, 6.45) is 0. The molecule has 6 aromatic carbocycles. The van der Waals surface area contributed by atoms with Gasteiger partial charge in [-0.3, -0.25) is 0 Å². The fourth-order valence-electron chi connectivity index (χ4n) is 5.82. The van der Waals surface area contributed by atoms with Crippen LogP contribution in [0.2, 0.25) is 0 Å². The van der Waals surface area contributed by atoms with Crippen molar-refractivity contribution in [3.8, 4) is 67.5 Å². The van der Waals surface area contributed by atoms with Gasteiger partial charge in [0.05, 0.1) is 0 Å². The Morgan fingerprint density at radius 2 is 0.750 bits per heavy atom.